The van der Waals surface area contributed by atoms with E-state index in [0.717, 1.165) is 0 Å². The molecule has 0 amide bonds. The predicted octanol–water partition coefficient (Wildman–Crippen LogP) is 3.25. The van der Waals surface area contributed by atoms with E-state index < -0.39 is 22.6 Å². The Hall–Kier alpha value is -1.15. The van der Waals surface area contributed by atoms with Gasteiger partial charge in [-0.25, -0.2) is 4.79 Å². The van der Waals surface area contributed by atoms with Gasteiger partial charge >= 0.3 is 5.97 Å². The van der Waals surface area contributed by atoms with Gasteiger partial charge in [0, 0.05) is 12.2 Å². The highest BCUT2D eigenvalue weighted by Crippen LogP contribution is 2.09. The Bertz CT molecular complexity index is 398. The van der Waals surface area contributed by atoms with Crippen LogP contribution >= 0.6 is 0 Å². The Morgan fingerprint density at radius 3 is 1.74 bits per heavy atom. The van der Waals surface area contributed by atoms with Gasteiger partial charge in [-0.1, -0.05) is 0 Å². The van der Waals surface area contributed by atoms with Crippen LogP contribution in [0.5, 0.6) is 0 Å². The zero-order chi connectivity index (χ0) is 15.3. The molecule has 0 unspecified atom stereocenters. The molecule has 19 heavy (non-hydrogen) atoms. The Labute approximate surface area is 117 Å². The molecule has 0 atom stereocenters. The van der Waals surface area contributed by atoms with Gasteiger partial charge in [-0.05, 0) is 52.3 Å². The molecular formula is C13H24O4Si2. The van der Waals surface area contributed by atoms with Crippen molar-refractivity contribution in [3.8, 4) is 0 Å². The van der Waals surface area contributed by atoms with Crippen LogP contribution in [0.25, 0.3) is 0 Å². The highest BCUT2D eigenvalue weighted by Gasteiger charge is 2.18. The average molecular weight is 301 g/mol. The Morgan fingerprint density at radius 2 is 1.32 bits per heavy atom. The third-order valence-corrected chi connectivity index (χ3v) is 3.35. The second kappa shape index (κ2) is 6.86. The molecule has 0 N–H and O–H groups in total. The largest absolute Gasteiger partial charge is 0.547 e. The SMILES string of the molecule is C/C(=C\C(=O)/C=C\C(=O)O[Si](C)(C)C)O[Si](C)(C)C. The van der Waals surface area contributed by atoms with Gasteiger partial charge in [-0.15, -0.1) is 0 Å². The minimum atomic E-state index is -1.90. The number of allylic oxidation sites excluding steroid dienone is 3. The van der Waals surface area contributed by atoms with Crippen molar-refractivity contribution in [1.82, 2.24) is 0 Å². The maximum Gasteiger partial charge on any atom is 0.317 e. The van der Waals surface area contributed by atoms with Gasteiger partial charge in [-0.3, -0.25) is 4.79 Å². The molecule has 0 aliphatic carbocycles. The smallest absolute Gasteiger partial charge is 0.317 e. The molecule has 0 saturated heterocycles. The summed E-state index contributed by atoms with van der Waals surface area (Å²) in [4.78, 5) is 23.0. The fourth-order valence-electron chi connectivity index (χ4n) is 1.25. The molecule has 0 heterocycles. The molecule has 0 bridgehead atoms. The first-order valence-electron chi connectivity index (χ1n) is 6.21. The average Bonchev–Trinajstić information content (AvgIpc) is 2.08. The van der Waals surface area contributed by atoms with E-state index in [0.29, 0.717) is 5.76 Å². The van der Waals surface area contributed by atoms with Gasteiger partial charge in [0.2, 0.25) is 16.6 Å². The lowest BCUT2D eigenvalue weighted by atomic mass is 10.3. The number of hydrogen-bond donors (Lipinski definition) is 0. The maximum atomic E-state index is 11.6. The van der Waals surface area contributed by atoms with Crippen molar-refractivity contribution in [2.75, 3.05) is 0 Å². The molecule has 0 fully saturated rings. The van der Waals surface area contributed by atoms with Crippen molar-refractivity contribution >= 4 is 28.4 Å². The van der Waals surface area contributed by atoms with Crippen molar-refractivity contribution in [3.63, 3.8) is 0 Å². The van der Waals surface area contributed by atoms with E-state index in [9.17, 15) is 9.59 Å². The molecule has 0 aromatic carbocycles. The van der Waals surface area contributed by atoms with Crippen LogP contribution in [0.2, 0.25) is 39.3 Å². The summed E-state index contributed by atoms with van der Waals surface area (Å²) >= 11 is 0. The summed E-state index contributed by atoms with van der Waals surface area (Å²) in [7, 11) is -3.60. The van der Waals surface area contributed by atoms with E-state index in [1.165, 1.54) is 18.2 Å². The van der Waals surface area contributed by atoms with Crippen LogP contribution < -0.4 is 0 Å². The Kier molecular flexibility index (Phi) is 6.44. The third-order valence-electron chi connectivity index (χ3n) is 1.60. The molecule has 0 aromatic heterocycles. The van der Waals surface area contributed by atoms with Crippen molar-refractivity contribution in [2.24, 2.45) is 0 Å². The second-order valence-electron chi connectivity index (χ2n) is 6.24. The molecule has 0 aromatic rings. The normalized spacial score (nSPS) is 13.5. The lowest BCUT2D eigenvalue weighted by Gasteiger charge is -2.19. The zero-order valence-corrected chi connectivity index (χ0v) is 14.9. The standard InChI is InChI=1S/C13H24O4Si2/c1-11(16-18(2,3)4)10-12(14)8-9-13(15)17-19(5,6)7/h8-10H,1-7H3/b9-8-,11-10+. The second-order valence-corrected chi connectivity index (χ2v) is 15.1. The molecular weight excluding hydrogens is 276 g/mol. The molecule has 0 saturated carbocycles. The first-order valence-corrected chi connectivity index (χ1v) is 13.0. The number of hydrogen-bond acceptors (Lipinski definition) is 4. The fraction of sp³-hybridized carbons (Fsp3) is 0.538. The Balaban J connectivity index is 4.46. The van der Waals surface area contributed by atoms with Gasteiger partial charge in [0.15, 0.2) is 5.78 Å². The van der Waals surface area contributed by atoms with E-state index in [4.69, 9.17) is 8.85 Å². The van der Waals surface area contributed by atoms with Gasteiger partial charge in [0.1, 0.15) is 0 Å². The summed E-state index contributed by atoms with van der Waals surface area (Å²) in [6, 6.07) is 0. The first kappa shape index (κ1) is 17.9. The molecule has 6 heteroatoms. The van der Waals surface area contributed by atoms with Gasteiger partial charge in [0.25, 0.3) is 0 Å². The van der Waals surface area contributed by atoms with Crippen LogP contribution in [0.4, 0.5) is 0 Å². The van der Waals surface area contributed by atoms with Crippen molar-refractivity contribution in [2.45, 2.75) is 46.2 Å². The van der Waals surface area contributed by atoms with E-state index in [-0.39, 0.29) is 5.78 Å². The van der Waals surface area contributed by atoms with Gasteiger partial charge in [-0.2, -0.15) is 0 Å². The topological polar surface area (TPSA) is 52.6 Å². The number of ketones is 1. The zero-order valence-electron chi connectivity index (χ0n) is 12.9. The van der Waals surface area contributed by atoms with Gasteiger partial charge in [0.05, 0.1) is 5.76 Å². The number of rotatable bonds is 6. The summed E-state index contributed by atoms with van der Waals surface area (Å²) in [6.45, 7) is 13.6. The van der Waals surface area contributed by atoms with Gasteiger partial charge < -0.3 is 8.85 Å². The number of carbonyl (C=O) groups excluding carboxylic acids is 2. The highest BCUT2D eigenvalue weighted by molar-refractivity contribution is 6.71. The summed E-state index contributed by atoms with van der Waals surface area (Å²) < 4.78 is 10.8. The highest BCUT2D eigenvalue weighted by atomic mass is 28.4. The van der Waals surface area contributed by atoms with Crippen molar-refractivity contribution in [3.05, 3.63) is 24.0 Å². The van der Waals surface area contributed by atoms with E-state index >= 15 is 0 Å². The van der Waals surface area contributed by atoms with Crippen LogP contribution in [0.1, 0.15) is 6.92 Å². The van der Waals surface area contributed by atoms with E-state index in [1.807, 2.05) is 39.3 Å². The minimum absolute atomic E-state index is 0.275. The van der Waals surface area contributed by atoms with Crippen molar-refractivity contribution < 1.29 is 18.4 Å². The van der Waals surface area contributed by atoms with Crippen LogP contribution in [0, 0.1) is 0 Å². The summed E-state index contributed by atoms with van der Waals surface area (Å²) in [5, 5.41) is 0. The Morgan fingerprint density at radius 1 is 0.842 bits per heavy atom. The molecule has 0 spiro atoms. The monoisotopic (exact) mass is 300 g/mol. The van der Waals surface area contributed by atoms with Crippen LogP contribution in [-0.2, 0) is 18.4 Å². The fourth-order valence-corrected chi connectivity index (χ4v) is 2.94. The van der Waals surface area contributed by atoms with Crippen molar-refractivity contribution in [1.29, 1.82) is 0 Å². The summed E-state index contributed by atoms with van der Waals surface area (Å²) in [5.41, 5.74) is 0. The quantitative estimate of drug-likeness (QED) is 0.429. The van der Waals surface area contributed by atoms with E-state index in [2.05, 4.69) is 0 Å². The molecule has 0 radical (unpaired) electrons. The predicted molar refractivity (Wildman–Crippen MR) is 81.8 cm³/mol. The summed E-state index contributed by atoms with van der Waals surface area (Å²) in [6.07, 6.45) is 3.76. The molecule has 108 valence electrons. The molecule has 0 aliphatic rings. The summed E-state index contributed by atoms with van der Waals surface area (Å²) in [5.74, 6) is -0.166. The third kappa shape index (κ3) is 11.7. The molecule has 0 rings (SSSR count). The minimum Gasteiger partial charge on any atom is -0.547 e. The van der Waals surface area contributed by atoms with E-state index in [1.54, 1.807) is 6.92 Å². The molecule has 4 nitrogen and oxygen atoms in total. The lowest BCUT2D eigenvalue weighted by Crippen LogP contribution is -2.28. The maximum absolute atomic E-state index is 11.6. The molecule has 0 aliphatic heterocycles. The first-order chi connectivity index (χ1) is 8.39. The van der Waals surface area contributed by atoms with Crippen LogP contribution in [0.3, 0.4) is 0 Å². The lowest BCUT2D eigenvalue weighted by molar-refractivity contribution is -0.129. The van der Waals surface area contributed by atoms with Crippen LogP contribution in [-0.4, -0.2) is 28.4 Å². The number of carbonyl (C=O) groups is 2. The van der Waals surface area contributed by atoms with Crippen LogP contribution in [0.15, 0.2) is 24.0 Å².